The van der Waals surface area contributed by atoms with Crippen LogP contribution in [-0.4, -0.2) is 10.7 Å². The second kappa shape index (κ2) is 5.05. The van der Waals surface area contributed by atoms with Crippen molar-refractivity contribution < 1.29 is 5.11 Å². The van der Waals surface area contributed by atoms with Gasteiger partial charge in [0.25, 0.3) is 0 Å². The summed E-state index contributed by atoms with van der Waals surface area (Å²) in [5.74, 6) is 0.492. The molecular weight excluding hydrogens is 311 g/mol. The molecule has 0 bridgehead atoms. The molecule has 1 N–H and O–H groups in total. The molecule has 0 radical (unpaired) electrons. The number of hydrogen-bond donors (Lipinski definition) is 1. The second-order valence-electron chi connectivity index (χ2n) is 4.90. The van der Waals surface area contributed by atoms with E-state index in [1.165, 1.54) is 22.0 Å². The molecule has 88 valence electrons. The van der Waals surface area contributed by atoms with Crippen LogP contribution in [-0.2, 0) is 6.42 Å². The topological polar surface area (TPSA) is 20.2 Å². The molecule has 0 heterocycles. The van der Waals surface area contributed by atoms with Crippen molar-refractivity contribution in [2.75, 3.05) is 0 Å². The molecule has 1 aliphatic rings. The lowest BCUT2D eigenvalue weighted by Crippen LogP contribution is -2.35. The van der Waals surface area contributed by atoms with Crippen LogP contribution in [0.15, 0.2) is 24.3 Å². The number of hydrogen-bond acceptors (Lipinski definition) is 1. The van der Waals surface area contributed by atoms with E-state index in [2.05, 4.69) is 53.8 Å². The molecule has 0 aliphatic heterocycles. The highest BCUT2D eigenvalue weighted by molar-refractivity contribution is 14.1. The molecule has 0 spiro atoms. The Morgan fingerprint density at radius 1 is 1.38 bits per heavy atom. The van der Waals surface area contributed by atoms with Gasteiger partial charge in [0.15, 0.2) is 0 Å². The van der Waals surface area contributed by atoms with Crippen molar-refractivity contribution in [3.8, 4) is 0 Å². The Balaban J connectivity index is 2.11. The van der Waals surface area contributed by atoms with E-state index in [-0.39, 0.29) is 0 Å². The van der Waals surface area contributed by atoms with E-state index < -0.39 is 5.60 Å². The largest absolute Gasteiger partial charge is 0.389 e. The fraction of sp³-hybridized carbons (Fsp3) is 0.571. The third-order valence-corrected chi connectivity index (χ3v) is 4.56. The second-order valence-corrected chi connectivity index (χ2v) is 6.15. The van der Waals surface area contributed by atoms with Crippen molar-refractivity contribution in [3.05, 3.63) is 33.4 Å². The minimum absolute atomic E-state index is 0.443. The predicted molar refractivity (Wildman–Crippen MR) is 75.4 cm³/mol. The standard InChI is InChI=1S/C14H19IO/c1-2-12-4-3-9-14(12,16)10-11-5-7-13(15)8-6-11/h5-8,12,16H,2-4,9-10H2,1H3. The molecule has 0 amide bonds. The molecule has 2 unspecified atom stereocenters. The molecule has 1 aromatic carbocycles. The zero-order valence-corrected chi connectivity index (χ0v) is 11.9. The van der Waals surface area contributed by atoms with Crippen molar-refractivity contribution in [2.45, 2.75) is 44.6 Å². The van der Waals surface area contributed by atoms with Gasteiger partial charge in [-0.2, -0.15) is 0 Å². The Morgan fingerprint density at radius 2 is 2.06 bits per heavy atom. The Bertz CT molecular complexity index is 346. The monoisotopic (exact) mass is 330 g/mol. The Hall–Kier alpha value is -0.0900. The SMILES string of the molecule is CCC1CCCC1(O)Cc1ccc(I)cc1. The maximum atomic E-state index is 10.7. The highest BCUT2D eigenvalue weighted by atomic mass is 127. The van der Waals surface area contributed by atoms with Gasteiger partial charge in [0, 0.05) is 9.99 Å². The highest BCUT2D eigenvalue weighted by Crippen LogP contribution is 2.39. The number of benzene rings is 1. The van der Waals surface area contributed by atoms with Crippen LogP contribution in [0.4, 0.5) is 0 Å². The molecule has 1 saturated carbocycles. The summed E-state index contributed by atoms with van der Waals surface area (Å²) in [5, 5.41) is 10.7. The van der Waals surface area contributed by atoms with Crippen LogP contribution in [0.1, 0.15) is 38.2 Å². The summed E-state index contributed by atoms with van der Waals surface area (Å²) in [6, 6.07) is 8.53. The van der Waals surface area contributed by atoms with Crippen LogP contribution in [0.5, 0.6) is 0 Å². The third kappa shape index (κ3) is 2.59. The van der Waals surface area contributed by atoms with Gasteiger partial charge in [-0.25, -0.2) is 0 Å². The fourth-order valence-electron chi connectivity index (χ4n) is 2.90. The smallest absolute Gasteiger partial charge is 0.0715 e. The van der Waals surface area contributed by atoms with Gasteiger partial charge in [-0.05, 0) is 59.0 Å². The Kier molecular flexibility index (Phi) is 3.90. The average molecular weight is 330 g/mol. The zero-order chi connectivity index (χ0) is 11.6. The first-order valence-electron chi connectivity index (χ1n) is 6.11. The van der Waals surface area contributed by atoms with Crippen LogP contribution in [0, 0.1) is 9.49 Å². The molecule has 1 aromatic rings. The maximum Gasteiger partial charge on any atom is 0.0715 e. The van der Waals surface area contributed by atoms with Gasteiger partial charge in [-0.1, -0.05) is 31.9 Å². The molecule has 0 saturated heterocycles. The summed E-state index contributed by atoms with van der Waals surface area (Å²) in [6.07, 6.45) is 5.26. The van der Waals surface area contributed by atoms with Gasteiger partial charge >= 0.3 is 0 Å². The van der Waals surface area contributed by atoms with E-state index >= 15 is 0 Å². The minimum atomic E-state index is -0.443. The van der Waals surface area contributed by atoms with Gasteiger partial charge in [0.1, 0.15) is 0 Å². The molecule has 0 aromatic heterocycles. The van der Waals surface area contributed by atoms with Crippen LogP contribution in [0.25, 0.3) is 0 Å². The van der Waals surface area contributed by atoms with Crippen molar-refractivity contribution in [2.24, 2.45) is 5.92 Å². The first kappa shape index (κ1) is 12.4. The molecule has 1 nitrogen and oxygen atoms in total. The Labute approximate surface area is 111 Å². The molecule has 2 rings (SSSR count). The van der Waals surface area contributed by atoms with Crippen molar-refractivity contribution in [1.82, 2.24) is 0 Å². The first-order valence-corrected chi connectivity index (χ1v) is 7.19. The van der Waals surface area contributed by atoms with E-state index in [1.807, 2.05) is 0 Å². The van der Waals surface area contributed by atoms with Crippen LogP contribution in [0.3, 0.4) is 0 Å². The first-order chi connectivity index (χ1) is 7.64. The minimum Gasteiger partial charge on any atom is -0.389 e. The Morgan fingerprint density at radius 3 is 2.69 bits per heavy atom. The molecule has 2 heteroatoms. The van der Waals surface area contributed by atoms with Gasteiger partial charge in [0.2, 0.25) is 0 Å². The lowest BCUT2D eigenvalue weighted by Gasteiger charge is -2.29. The molecule has 2 atom stereocenters. The van der Waals surface area contributed by atoms with E-state index in [4.69, 9.17) is 0 Å². The maximum absolute atomic E-state index is 10.7. The van der Waals surface area contributed by atoms with E-state index in [1.54, 1.807) is 0 Å². The summed E-state index contributed by atoms with van der Waals surface area (Å²) in [5.41, 5.74) is 0.824. The van der Waals surface area contributed by atoms with Gasteiger partial charge < -0.3 is 5.11 Å². The number of aliphatic hydroxyl groups is 1. The highest BCUT2D eigenvalue weighted by Gasteiger charge is 2.39. The van der Waals surface area contributed by atoms with Crippen LogP contribution >= 0.6 is 22.6 Å². The third-order valence-electron chi connectivity index (χ3n) is 3.84. The zero-order valence-electron chi connectivity index (χ0n) is 9.75. The summed E-state index contributed by atoms with van der Waals surface area (Å²) < 4.78 is 1.26. The lowest BCUT2D eigenvalue weighted by molar-refractivity contribution is 0.00147. The average Bonchev–Trinajstić information content (AvgIpc) is 2.63. The van der Waals surface area contributed by atoms with Crippen LogP contribution in [0.2, 0.25) is 0 Å². The summed E-state index contributed by atoms with van der Waals surface area (Å²) >= 11 is 2.31. The summed E-state index contributed by atoms with van der Waals surface area (Å²) in [6.45, 7) is 2.19. The van der Waals surface area contributed by atoms with Crippen LogP contribution < -0.4 is 0 Å². The fourth-order valence-corrected chi connectivity index (χ4v) is 3.26. The molecule has 1 aliphatic carbocycles. The summed E-state index contributed by atoms with van der Waals surface area (Å²) in [4.78, 5) is 0. The van der Waals surface area contributed by atoms with E-state index in [9.17, 15) is 5.11 Å². The van der Waals surface area contributed by atoms with E-state index in [0.29, 0.717) is 5.92 Å². The normalized spacial score (nSPS) is 29.6. The number of halogens is 1. The molecular formula is C14H19IO. The van der Waals surface area contributed by atoms with Gasteiger partial charge in [-0.3, -0.25) is 0 Å². The van der Waals surface area contributed by atoms with Gasteiger partial charge in [-0.15, -0.1) is 0 Å². The molecule has 16 heavy (non-hydrogen) atoms. The van der Waals surface area contributed by atoms with Crippen molar-refractivity contribution in [1.29, 1.82) is 0 Å². The lowest BCUT2D eigenvalue weighted by atomic mass is 9.83. The quantitative estimate of drug-likeness (QED) is 0.837. The number of rotatable bonds is 3. The summed E-state index contributed by atoms with van der Waals surface area (Å²) in [7, 11) is 0. The predicted octanol–water partition coefficient (Wildman–Crippen LogP) is 3.77. The van der Waals surface area contributed by atoms with Gasteiger partial charge in [0.05, 0.1) is 5.60 Å². The van der Waals surface area contributed by atoms with Crippen molar-refractivity contribution >= 4 is 22.6 Å². The molecule has 1 fully saturated rings. The van der Waals surface area contributed by atoms with E-state index in [0.717, 1.165) is 19.3 Å². The van der Waals surface area contributed by atoms with Crippen molar-refractivity contribution in [3.63, 3.8) is 0 Å².